The first-order chi connectivity index (χ1) is 10.1. The minimum Gasteiger partial charge on any atom is -0.493 e. The number of para-hydroxylation sites is 1. The SMILES string of the molecule is CC(C)COc1ccccc1CN=C(N)NCC1CCC1.I. The first kappa shape index (κ1) is 19.1. The maximum atomic E-state index is 5.92. The highest BCUT2D eigenvalue weighted by Gasteiger charge is 2.16. The summed E-state index contributed by atoms with van der Waals surface area (Å²) >= 11 is 0. The molecule has 124 valence electrons. The van der Waals surface area contributed by atoms with Crippen molar-refractivity contribution in [2.75, 3.05) is 13.2 Å². The van der Waals surface area contributed by atoms with Gasteiger partial charge in [-0.05, 0) is 30.7 Å². The first-order valence-electron chi connectivity index (χ1n) is 7.89. The van der Waals surface area contributed by atoms with Crippen LogP contribution in [0, 0.1) is 11.8 Å². The third-order valence-electron chi connectivity index (χ3n) is 3.76. The number of ether oxygens (including phenoxy) is 1. The van der Waals surface area contributed by atoms with Crippen molar-refractivity contribution in [2.45, 2.75) is 39.7 Å². The molecule has 0 atom stereocenters. The molecule has 0 amide bonds. The van der Waals surface area contributed by atoms with E-state index < -0.39 is 0 Å². The van der Waals surface area contributed by atoms with Crippen molar-refractivity contribution in [3.63, 3.8) is 0 Å². The summed E-state index contributed by atoms with van der Waals surface area (Å²) in [5.41, 5.74) is 6.99. The summed E-state index contributed by atoms with van der Waals surface area (Å²) in [6, 6.07) is 8.02. The van der Waals surface area contributed by atoms with E-state index >= 15 is 0 Å². The summed E-state index contributed by atoms with van der Waals surface area (Å²) < 4.78 is 5.83. The van der Waals surface area contributed by atoms with Crippen LogP contribution >= 0.6 is 24.0 Å². The van der Waals surface area contributed by atoms with Crippen molar-refractivity contribution < 1.29 is 4.74 Å². The first-order valence-corrected chi connectivity index (χ1v) is 7.89. The second kappa shape index (κ2) is 9.92. The summed E-state index contributed by atoms with van der Waals surface area (Å²) in [6.07, 6.45) is 3.97. The lowest BCUT2D eigenvalue weighted by molar-refractivity contribution is 0.268. The summed E-state index contributed by atoms with van der Waals surface area (Å²) in [5, 5.41) is 3.21. The van der Waals surface area contributed by atoms with E-state index in [9.17, 15) is 0 Å². The lowest BCUT2D eigenvalue weighted by Gasteiger charge is -2.25. The zero-order valence-corrected chi connectivity index (χ0v) is 15.9. The molecule has 0 radical (unpaired) electrons. The third kappa shape index (κ3) is 6.42. The predicted octanol–water partition coefficient (Wildman–Crippen LogP) is 3.54. The molecule has 3 N–H and O–H groups in total. The highest BCUT2D eigenvalue weighted by atomic mass is 127. The van der Waals surface area contributed by atoms with Gasteiger partial charge in [-0.3, -0.25) is 0 Å². The van der Waals surface area contributed by atoms with Crippen LogP contribution in [0.2, 0.25) is 0 Å². The van der Waals surface area contributed by atoms with Gasteiger partial charge in [-0.25, -0.2) is 4.99 Å². The fourth-order valence-corrected chi connectivity index (χ4v) is 2.20. The Bertz CT molecular complexity index is 473. The van der Waals surface area contributed by atoms with Gasteiger partial charge in [-0.2, -0.15) is 0 Å². The van der Waals surface area contributed by atoms with E-state index in [1.54, 1.807) is 0 Å². The third-order valence-corrected chi connectivity index (χ3v) is 3.76. The zero-order chi connectivity index (χ0) is 15.1. The molecule has 1 aliphatic carbocycles. The van der Waals surface area contributed by atoms with Gasteiger partial charge < -0.3 is 15.8 Å². The predicted molar refractivity (Wildman–Crippen MR) is 103 cm³/mol. The Hall–Kier alpha value is -0.980. The molecule has 0 bridgehead atoms. The number of guanidine groups is 1. The molecule has 0 aliphatic heterocycles. The Kier molecular flexibility index (Phi) is 8.60. The molecular formula is C17H28IN3O. The molecule has 0 heterocycles. The molecule has 1 fully saturated rings. The smallest absolute Gasteiger partial charge is 0.188 e. The van der Waals surface area contributed by atoms with Gasteiger partial charge in [0.25, 0.3) is 0 Å². The van der Waals surface area contributed by atoms with Crippen molar-refractivity contribution in [3.05, 3.63) is 29.8 Å². The van der Waals surface area contributed by atoms with E-state index in [0.717, 1.165) is 30.4 Å². The summed E-state index contributed by atoms with van der Waals surface area (Å²) in [6.45, 7) is 6.50. The Morgan fingerprint density at radius 1 is 1.36 bits per heavy atom. The minimum absolute atomic E-state index is 0. The van der Waals surface area contributed by atoms with Gasteiger partial charge in [-0.1, -0.05) is 38.5 Å². The summed E-state index contributed by atoms with van der Waals surface area (Å²) in [4.78, 5) is 4.42. The van der Waals surface area contributed by atoms with Crippen LogP contribution in [0.15, 0.2) is 29.3 Å². The molecule has 0 aromatic heterocycles. The van der Waals surface area contributed by atoms with Crippen LogP contribution in [-0.4, -0.2) is 19.1 Å². The number of nitrogens with two attached hydrogens (primary N) is 1. The lowest BCUT2D eigenvalue weighted by Crippen LogP contribution is -2.37. The van der Waals surface area contributed by atoms with Crippen LogP contribution in [0.25, 0.3) is 0 Å². The van der Waals surface area contributed by atoms with E-state index in [1.165, 1.54) is 19.3 Å². The molecule has 0 saturated heterocycles. The van der Waals surface area contributed by atoms with E-state index in [0.29, 0.717) is 18.4 Å². The summed E-state index contributed by atoms with van der Waals surface area (Å²) in [5.74, 6) is 2.72. The maximum absolute atomic E-state index is 5.92. The van der Waals surface area contributed by atoms with Crippen LogP contribution in [0.5, 0.6) is 5.75 Å². The average Bonchev–Trinajstić information content (AvgIpc) is 2.42. The molecule has 2 rings (SSSR count). The highest BCUT2D eigenvalue weighted by Crippen LogP contribution is 2.25. The standard InChI is InChI=1S/C17H27N3O.HI/c1-13(2)12-21-16-9-4-3-8-15(16)11-20-17(18)19-10-14-6-5-7-14;/h3-4,8-9,13-14H,5-7,10-12H2,1-2H3,(H3,18,19,20);1H. The zero-order valence-electron chi connectivity index (χ0n) is 13.5. The van der Waals surface area contributed by atoms with Crippen molar-refractivity contribution >= 4 is 29.9 Å². The van der Waals surface area contributed by atoms with Gasteiger partial charge in [0.2, 0.25) is 0 Å². The Balaban J connectivity index is 0.00000242. The van der Waals surface area contributed by atoms with Gasteiger partial charge in [0, 0.05) is 12.1 Å². The second-order valence-corrected chi connectivity index (χ2v) is 6.19. The quantitative estimate of drug-likeness (QED) is 0.405. The van der Waals surface area contributed by atoms with E-state index in [2.05, 4.69) is 24.2 Å². The number of nitrogens with one attached hydrogen (secondary N) is 1. The Morgan fingerprint density at radius 3 is 2.73 bits per heavy atom. The monoisotopic (exact) mass is 417 g/mol. The minimum atomic E-state index is 0. The van der Waals surface area contributed by atoms with Crippen LogP contribution < -0.4 is 15.8 Å². The molecular weight excluding hydrogens is 389 g/mol. The Labute approximate surface area is 150 Å². The van der Waals surface area contributed by atoms with Gasteiger partial charge >= 0.3 is 0 Å². The van der Waals surface area contributed by atoms with E-state index in [-0.39, 0.29) is 24.0 Å². The van der Waals surface area contributed by atoms with Crippen LogP contribution in [-0.2, 0) is 6.54 Å². The second-order valence-electron chi connectivity index (χ2n) is 6.19. The van der Waals surface area contributed by atoms with E-state index in [1.807, 2.05) is 24.3 Å². The fourth-order valence-electron chi connectivity index (χ4n) is 2.20. The fraction of sp³-hybridized carbons (Fsp3) is 0.588. The van der Waals surface area contributed by atoms with Crippen LogP contribution in [0.1, 0.15) is 38.7 Å². The molecule has 1 aliphatic rings. The number of hydrogen-bond acceptors (Lipinski definition) is 2. The molecule has 1 aromatic rings. The van der Waals surface area contributed by atoms with Crippen LogP contribution in [0.4, 0.5) is 0 Å². The molecule has 22 heavy (non-hydrogen) atoms. The summed E-state index contributed by atoms with van der Waals surface area (Å²) in [7, 11) is 0. The molecule has 1 aromatic carbocycles. The van der Waals surface area contributed by atoms with Crippen molar-refractivity contribution in [2.24, 2.45) is 22.6 Å². The van der Waals surface area contributed by atoms with Crippen molar-refractivity contribution in [3.8, 4) is 5.75 Å². The van der Waals surface area contributed by atoms with Gasteiger partial charge in [0.1, 0.15) is 5.75 Å². The van der Waals surface area contributed by atoms with Gasteiger partial charge in [0.15, 0.2) is 5.96 Å². The number of aliphatic imine (C=N–C) groups is 1. The number of hydrogen-bond donors (Lipinski definition) is 2. The van der Waals surface area contributed by atoms with Crippen molar-refractivity contribution in [1.29, 1.82) is 0 Å². The normalized spacial score (nSPS) is 15.1. The Morgan fingerprint density at radius 2 is 2.09 bits per heavy atom. The maximum Gasteiger partial charge on any atom is 0.188 e. The molecule has 0 unspecified atom stereocenters. The number of rotatable bonds is 7. The molecule has 4 nitrogen and oxygen atoms in total. The number of nitrogens with zero attached hydrogens (tertiary/aromatic N) is 1. The van der Waals surface area contributed by atoms with Gasteiger partial charge in [0.05, 0.1) is 13.2 Å². The number of benzene rings is 1. The topological polar surface area (TPSA) is 59.6 Å². The van der Waals surface area contributed by atoms with E-state index in [4.69, 9.17) is 10.5 Å². The number of halogens is 1. The van der Waals surface area contributed by atoms with Gasteiger partial charge in [-0.15, -0.1) is 24.0 Å². The highest BCUT2D eigenvalue weighted by molar-refractivity contribution is 14.0. The lowest BCUT2D eigenvalue weighted by atomic mass is 9.85. The molecule has 1 saturated carbocycles. The van der Waals surface area contributed by atoms with Crippen LogP contribution in [0.3, 0.4) is 0 Å². The van der Waals surface area contributed by atoms with Crippen molar-refractivity contribution in [1.82, 2.24) is 5.32 Å². The molecule has 0 spiro atoms. The molecule has 5 heteroatoms. The largest absolute Gasteiger partial charge is 0.493 e. The average molecular weight is 417 g/mol.